The van der Waals surface area contributed by atoms with Crippen molar-refractivity contribution in [1.29, 1.82) is 0 Å². The summed E-state index contributed by atoms with van der Waals surface area (Å²) >= 11 is 0. The number of rotatable bonds is 1. The Morgan fingerprint density at radius 2 is 1.95 bits per heavy atom. The van der Waals surface area contributed by atoms with Crippen molar-refractivity contribution < 1.29 is 23.8 Å². The number of aliphatic hydroxyl groups is 1. The smallest absolute Gasteiger partial charge is 0.361 e. The van der Waals surface area contributed by atoms with Gasteiger partial charge in [-0.2, -0.15) is 0 Å². The van der Waals surface area contributed by atoms with Crippen molar-refractivity contribution in [3.63, 3.8) is 0 Å². The van der Waals surface area contributed by atoms with Crippen LogP contribution in [0.15, 0.2) is 53.5 Å². The van der Waals surface area contributed by atoms with Crippen molar-refractivity contribution in [1.82, 2.24) is 0 Å². The molecule has 5 nitrogen and oxygen atoms in total. The number of nitrogens with zero attached hydrogens (tertiary/aromatic N) is 1. The molecule has 3 rings (SSSR count). The number of aliphatic hydroxyl groups excluding tert-OH is 1. The number of hydrogen-bond acceptors (Lipinski definition) is 4. The lowest BCUT2D eigenvalue weighted by molar-refractivity contribution is -0.128. The van der Waals surface area contributed by atoms with Gasteiger partial charge in [0.15, 0.2) is 5.71 Å². The molecule has 0 radical (unpaired) electrons. The summed E-state index contributed by atoms with van der Waals surface area (Å²) in [5.74, 6) is -2.11. The maximum Gasteiger partial charge on any atom is 0.361 e. The van der Waals surface area contributed by atoms with Crippen LogP contribution in [0.1, 0.15) is 22.0 Å². The van der Waals surface area contributed by atoms with Gasteiger partial charge in [-0.05, 0) is 24.3 Å². The third-order valence-electron chi connectivity index (χ3n) is 3.18. The molecule has 2 aromatic rings. The molecule has 110 valence electrons. The normalized spacial score (nSPS) is 18.7. The fourth-order valence-corrected chi connectivity index (χ4v) is 2.11. The van der Waals surface area contributed by atoms with E-state index in [-0.39, 0.29) is 11.3 Å². The fourth-order valence-electron chi connectivity index (χ4n) is 2.11. The highest BCUT2D eigenvalue weighted by Crippen LogP contribution is 2.31. The minimum absolute atomic E-state index is 0.0219. The number of carbonyl (C=O) groups is 2. The molecule has 1 N–H and O–H groups in total. The van der Waals surface area contributed by atoms with Gasteiger partial charge in [0.2, 0.25) is 0 Å². The van der Waals surface area contributed by atoms with E-state index in [2.05, 4.69) is 4.99 Å². The van der Waals surface area contributed by atoms with Crippen LogP contribution in [0.4, 0.5) is 4.39 Å². The Morgan fingerprint density at radius 3 is 2.73 bits per heavy atom. The van der Waals surface area contributed by atoms with Gasteiger partial charge in [0.25, 0.3) is 5.91 Å². The highest BCUT2D eigenvalue weighted by atomic mass is 19.1. The predicted molar refractivity (Wildman–Crippen MR) is 75.2 cm³/mol. The van der Waals surface area contributed by atoms with Crippen molar-refractivity contribution >= 4 is 17.6 Å². The summed E-state index contributed by atoms with van der Waals surface area (Å²) in [7, 11) is 0. The molecular formula is C16H10FNO4. The summed E-state index contributed by atoms with van der Waals surface area (Å²) in [6.07, 6.45) is -1.37. The summed E-state index contributed by atoms with van der Waals surface area (Å²) < 4.78 is 18.1. The summed E-state index contributed by atoms with van der Waals surface area (Å²) in [5, 5.41) is 10.2. The Bertz CT molecular complexity index is 800. The van der Waals surface area contributed by atoms with E-state index in [1.54, 1.807) is 18.2 Å². The largest absolute Gasteiger partial charge is 0.422 e. The molecule has 1 aliphatic rings. The zero-order valence-corrected chi connectivity index (χ0v) is 11.2. The van der Waals surface area contributed by atoms with E-state index in [0.29, 0.717) is 5.56 Å². The van der Waals surface area contributed by atoms with Gasteiger partial charge in [-0.25, -0.2) is 14.2 Å². The van der Waals surface area contributed by atoms with E-state index < -0.39 is 29.5 Å². The van der Waals surface area contributed by atoms with Crippen LogP contribution in [0, 0.1) is 5.82 Å². The maximum atomic E-state index is 13.1. The van der Waals surface area contributed by atoms with Crippen molar-refractivity contribution in [3.8, 4) is 5.75 Å². The Hall–Kier alpha value is -2.86. The number of hydrogen-bond donors (Lipinski definition) is 1. The standard InChI is InChI=1S/C16H10FNO4/c17-10-5-3-4-9(8-10)15(20)18-13-14(19)11-6-1-2-7-12(11)22-16(13)21/h1-8,14,19H. The van der Waals surface area contributed by atoms with E-state index in [1.165, 1.54) is 24.3 Å². The third kappa shape index (κ3) is 2.51. The number of para-hydroxylation sites is 1. The van der Waals surface area contributed by atoms with Crippen LogP contribution >= 0.6 is 0 Å². The highest BCUT2D eigenvalue weighted by Gasteiger charge is 2.33. The lowest BCUT2D eigenvalue weighted by atomic mass is 10.0. The number of halogens is 1. The van der Waals surface area contributed by atoms with Crippen molar-refractivity contribution in [2.75, 3.05) is 0 Å². The summed E-state index contributed by atoms with van der Waals surface area (Å²) in [6, 6.07) is 11.3. The molecule has 1 aliphatic heterocycles. The Kier molecular flexibility index (Phi) is 3.52. The second-order valence-corrected chi connectivity index (χ2v) is 4.64. The minimum atomic E-state index is -1.37. The summed E-state index contributed by atoms with van der Waals surface area (Å²) in [4.78, 5) is 27.5. The van der Waals surface area contributed by atoms with Crippen LogP contribution in [0.2, 0.25) is 0 Å². The van der Waals surface area contributed by atoms with E-state index in [9.17, 15) is 19.1 Å². The van der Waals surface area contributed by atoms with Crippen LogP contribution in [0.5, 0.6) is 5.75 Å². The topological polar surface area (TPSA) is 76.0 Å². The van der Waals surface area contributed by atoms with Gasteiger partial charge in [0, 0.05) is 11.1 Å². The second-order valence-electron chi connectivity index (χ2n) is 4.64. The molecule has 0 fully saturated rings. The molecule has 0 bridgehead atoms. The zero-order valence-electron chi connectivity index (χ0n) is 11.2. The molecular weight excluding hydrogens is 289 g/mol. The molecule has 0 saturated carbocycles. The molecule has 1 heterocycles. The minimum Gasteiger partial charge on any atom is -0.422 e. The lowest BCUT2D eigenvalue weighted by Gasteiger charge is -2.21. The van der Waals surface area contributed by atoms with Gasteiger partial charge in [-0.3, -0.25) is 4.79 Å². The Labute approximate surface area is 124 Å². The number of amides is 1. The number of fused-ring (bicyclic) bond motifs is 1. The molecule has 0 aromatic heterocycles. The molecule has 6 heteroatoms. The van der Waals surface area contributed by atoms with Gasteiger partial charge in [0.05, 0.1) is 0 Å². The molecule has 2 aromatic carbocycles. The van der Waals surface area contributed by atoms with E-state index in [1.807, 2.05) is 0 Å². The van der Waals surface area contributed by atoms with E-state index >= 15 is 0 Å². The first-order chi connectivity index (χ1) is 10.6. The maximum absolute atomic E-state index is 13.1. The number of carbonyl (C=O) groups excluding carboxylic acids is 2. The number of aliphatic imine (C=N–C) groups is 1. The Balaban J connectivity index is 1.97. The van der Waals surface area contributed by atoms with E-state index in [4.69, 9.17) is 4.74 Å². The summed E-state index contributed by atoms with van der Waals surface area (Å²) in [5.41, 5.74) is -0.104. The third-order valence-corrected chi connectivity index (χ3v) is 3.18. The first-order valence-electron chi connectivity index (χ1n) is 6.44. The quantitative estimate of drug-likeness (QED) is 0.646. The number of esters is 1. The van der Waals surface area contributed by atoms with Crippen LogP contribution in [-0.2, 0) is 4.79 Å². The second kappa shape index (κ2) is 5.50. The van der Waals surface area contributed by atoms with Crippen molar-refractivity contribution in [2.24, 2.45) is 4.99 Å². The number of ether oxygens (including phenoxy) is 1. The van der Waals surface area contributed by atoms with Crippen LogP contribution < -0.4 is 4.74 Å². The first-order valence-corrected chi connectivity index (χ1v) is 6.44. The SMILES string of the molecule is O=C1Oc2ccccc2C(O)C1=NC(=O)c1cccc(F)c1. The molecule has 1 amide bonds. The summed E-state index contributed by atoms with van der Waals surface area (Å²) in [6.45, 7) is 0. The molecule has 1 atom stereocenters. The average Bonchev–Trinajstić information content (AvgIpc) is 2.51. The fraction of sp³-hybridized carbons (Fsp3) is 0.0625. The molecule has 0 saturated heterocycles. The first kappa shape index (κ1) is 14.1. The zero-order chi connectivity index (χ0) is 15.7. The molecule has 22 heavy (non-hydrogen) atoms. The van der Waals surface area contributed by atoms with Crippen molar-refractivity contribution in [3.05, 3.63) is 65.5 Å². The van der Waals surface area contributed by atoms with Crippen LogP contribution in [0.25, 0.3) is 0 Å². The van der Waals surface area contributed by atoms with E-state index in [0.717, 1.165) is 6.07 Å². The molecule has 0 spiro atoms. The van der Waals surface area contributed by atoms with Gasteiger partial charge in [-0.1, -0.05) is 24.3 Å². The van der Waals surface area contributed by atoms with Crippen LogP contribution in [0.3, 0.4) is 0 Å². The Morgan fingerprint density at radius 1 is 1.18 bits per heavy atom. The van der Waals surface area contributed by atoms with Gasteiger partial charge >= 0.3 is 5.97 Å². The predicted octanol–water partition coefficient (Wildman–Crippen LogP) is 2.06. The lowest BCUT2D eigenvalue weighted by Crippen LogP contribution is -2.32. The van der Waals surface area contributed by atoms with Crippen LogP contribution in [-0.4, -0.2) is 22.7 Å². The average molecular weight is 299 g/mol. The monoisotopic (exact) mass is 299 g/mol. The highest BCUT2D eigenvalue weighted by molar-refractivity contribution is 6.41. The van der Waals surface area contributed by atoms with Gasteiger partial charge in [0.1, 0.15) is 17.7 Å². The van der Waals surface area contributed by atoms with Gasteiger partial charge < -0.3 is 9.84 Å². The van der Waals surface area contributed by atoms with Crippen molar-refractivity contribution in [2.45, 2.75) is 6.10 Å². The molecule has 0 aliphatic carbocycles. The number of benzene rings is 2. The van der Waals surface area contributed by atoms with Gasteiger partial charge in [-0.15, -0.1) is 0 Å². The molecule has 1 unspecified atom stereocenters.